The molecule has 2 N–H and O–H groups in total. The van der Waals surface area contributed by atoms with E-state index in [-0.39, 0.29) is 23.8 Å². The molecular formula is C21H26N2O2. The van der Waals surface area contributed by atoms with Gasteiger partial charge in [-0.25, -0.2) is 0 Å². The van der Waals surface area contributed by atoms with E-state index in [1.54, 1.807) is 12.1 Å². The number of hydrogen-bond donors (Lipinski definition) is 2. The lowest BCUT2D eigenvalue weighted by atomic mass is 9.87. The fraction of sp³-hybridized carbons (Fsp3) is 0.333. The van der Waals surface area contributed by atoms with Gasteiger partial charge in [0.2, 0.25) is 5.91 Å². The van der Waals surface area contributed by atoms with Crippen molar-refractivity contribution >= 4 is 11.8 Å². The number of carbonyl (C=O) groups is 2. The minimum absolute atomic E-state index is 0.0360. The first kappa shape index (κ1) is 18.7. The number of benzene rings is 2. The Hall–Kier alpha value is -2.62. The summed E-state index contributed by atoms with van der Waals surface area (Å²) in [5.74, 6) is -0.450. The van der Waals surface area contributed by atoms with Crippen molar-refractivity contribution in [3.8, 4) is 0 Å². The molecule has 0 fully saturated rings. The highest BCUT2D eigenvalue weighted by atomic mass is 16.2. The summed E-state index contributed by atoms with van der Waals surface area (Å²) in [5.41, 5.74) is 3.97. The van der Waals surface area contributed by atoms with E-state index in [1.807, 2.05) is 43.3 Å². The molecule has 0 radical (unpaired) electrons. The molecule has 0 aliphatic heterocycles. The van der Waals surface area contributed by atoms with E-state index in [1.165, 1.54) is 5.56 Å². The Balaban J connectivity index is 1.83. The molecule has 2 aromatic carbocycles. The Morgan fingerprint density at radius 2 is 1.56 bits per heavy atom. The molecule has 0 bridgehead atoms. The molecule has 0 heterocycles. The molecule has 2 amide bonds. The first-order valence-corrected chi connectivity index (χ1v) is 8.47. The Bertz CT molecular complexity index is 743. The Morgan fingerprint density at radius 3 is 2.16 bits per heavy atom. The van der Waals surface area contributed by atoms with E-state index >= 15 is 0 Å². The van der Waals surface area contributed by atoms with Crippen LogP contribution in [0.15, 0.2) is 48.5 Å². The van der Waals surface area contributed by atoms with Crippen LogP contribution >= 0.6 is 0 Å². The maximum atomic E-state index is 12.1. The van der Waals surface area contributed by atoms with Crippen LogP contribution in [0, 0.1) is 6.92 Å². The van der Waals surface area contributed by atoms with Gasteiger partial charge in [0.1, 0.15) is 0 Å². The van der Waals surface area contributed by atoms with E-state index in [2.05, 4.69) is 31.4 Å². The molecule has 2 aromatic rings. The van der Waals surface area contributed by atoms with Crippen molar-refractivity contribution in [3.63, 3.8) is 0 Å². The van der Waals surface area contributed by atoms with Gasteiger partial charge in [-0.2, -0.15) is 0 Å². The average Bonchev–Trinajstić information content (AvgIpc) is 2.58. The highest BCUT2D eigenvalue weighted by Gasteiger charge is 2.14. The summed E-state index contributed by atoms with van der Waals surface area (Å²) in [5, 5.41) is 5.48. The SMILES string of the molecule is Cc1ccccc1CNC(=O)CNC(=O)c1ccc(C(C)(C)C)cc1. The highest BCUT2D eigenvalue weighted by Crippen LogP contribution is 2.22. The van der Waals surface area contributed by atoms with Gasteiger partial charge in [-0.05, 0) is 41.2 Å². The van der Waals surface area contributed by atoms with Crippen LogP contribution in [0.5, 0.6) is 0 Å². The second-order valence-corrected chi connectivity index (χ2v) is 7.21. The van der Waals surface area contributed by atoms with Gasteiger partial charge in [-0.15, -0.1) is 0 Å². The fourth-order valence-electron chi connectivity index (χ4n) is 2.45. The summed E-state index contributed by atoms with van der Waals surface area (Å²) >= 11 is 0. The monoisotopic (exact) mass is 338 g/mol. The van der Waals surface area contributed by atoms with Crippen LogP contribution in [0.25, 0.3) is 0 Å². The van der Waals surface area contributed by atoms with Crippen LogP contribution in [0.2, 0.25) is 0 Å². The zero-order valence-electron chi connectivity index (χ0n) is 15.3. The van der Waals surface area contributed by atoms with Gasteiger partial charge in [0.05, 0.1) is 6.54 Å². The second-order valence-electron chi connectivity index (χ2n) is 7.21. The van der Waals surface area contributed by atoms with Gasteiger partial charge in [0.15, 0.2) is 0 Å². The Morgan fingerprint density at radius 1 is 0.920 bits per heavy atom. The molecule has 2 rings (SSSR count). The van der Waals surface area contributed by atoms with Crippen LogP contribution in [-0.4, -0.2) is 18.4 Å². The third kappa shape index (κ3) is 5.45. The second kappa shape index (κ2) is 7.97. The summed E-state index contributed by atoms with van der Waals surface area (Å²) in [4.78, 5) is 24.1. The largest absolute Gasteiger partial charge is 0.350 e. The lowest BCUT2D eigenvalue weighted by molar-refractivity contribution is -0.120. The van der Waals surface area contributed by atoms with Crippen LogP contribution in [0.1, 0.15) is 47.8 Å². The molecule has 25 heavy (non-hydrogen) atoms. The first-order valence-electron chi connectivity index (χ1n) is 8.47. The molecule has 4 heteroatoms. The summed E-state index contributed by atoms with van der Waals surface area (Å²) in [7, 11) is 0. The minimum atomic E-state index is -0.244. The lowest BCUT2D eigenvalue weighted by Crippen LogP contribution is -2.36. The van der Waals surface area contributed by atoms with E-state index in [0.29, 0.717) is 12.1 Å². The van der Waals surface area contributed by atoms with Gasteiger partial charge in [-0.3, -0.25) is 9.59 Å². The van der Waals surface area contributed by atoms with E-state index in [0.717, 1.165) is 11.1 Å². The molecule has 0 spiro atoms. The number of aryl methyl sites for hydroxylation is 1. The molecule has 4 nitrogen and oxygen atoms in total. The van der Waals surface area contributed by atoms with Crippen molar-refractivity contribution in [1.29, 1.82) is 0 Å². The summed E-state index contributed by atoms with van der Waals surface area (Å²) in [6.07, 6.45) is 0. The number of nitrogens with one attached hydrogen (secondary N) is 2. The molecule has 0 unspecified atom stereocenters. The molecule has 0 saturated heterocycles. The predicted octanol–water partition coefficient (Wildman–Crippen LogP) is 3.34. The summed E-state index contributed by atoms with van der Waals surface area (Å²) in [6.45, 7) is 8.81. The van der Waals surface area contributed by atoms with Crippen molar-refractivity contribution in [2.45, 2.75) is 39.7 Å². The van der Waals surface area contributed by atoms with Gasteiger partial charge in [-0.1, -0.05) is 57.2 Å². The maximum Gasteiger partial charge on any atom is 0.251 e. The third-order valence-corrected chi connectivity index (χ3v) is 4.16. The van der Waals surface area contributed by atoms with Crippen LogP contribution < -0.4 is 10.6 Å². The minimum Gasteiger partial charge on any atom is -0.350 e. The average molecular weight is 338 g/mol. The van der Waals surface area contributed by atoms with E-state index in [4.69, 9.17) is 0 Å². The van der Waals surface area contributed by atoms with Crippen LogP contribution in [-0.2, 0) is 16.8 Å². The molecule has 0 aromatic heterocycles. The molecular weight excluding hydrogens is 312 g/mol. The van der Waals surface area contributed by atoms with Crippen LogP contribution in [0.4, 0.5) is 0 Å². The van der Waals surface area contributed by atoms with Crippen LogP contribution in [0.3, 0.4) is 0 Å². The molecule has 0 saturated carbocycles. The van der Waals surface area contributed by atoms with E-state index in [9.17, 15) is 9.59 Å². The maximum absolute atomic E-state index is 12.1. The number of carbonyl (C=O) groups excluding carboxylic acids is 2. The summed E-state index contributed by atoms with van der Waals surface area (Å²) in [6, 6.07) is 15.4. The standard InChI is InChI=1S/C21H26N2O2/c1-15-7-5-6-8-17(15)13-22-19(24)14-23-20(25)16-9-11-18(12-10-16)21(2,3)4/h5-12H,13-14H2,1-4H3,(H,22,24)(H,23,25). The smallest absolute Gasteiger partial charge is 0.251 e. The molecule has 132 valence electrons. The summed E-state index contributed by atoms with van der Waals surface area (Å²) < 4.78 is 0. The number of hydrogen-bond acceptors (Lipinski definition) is 2. The first-order chi connectivity index (χ1) is 11.8. The lowest BCUT2D eigenvalue weighted by Gasteiger charge is -2.19. The zero-order valence-corrected chi connectivity index (χ0v) is 15.3. The molecule has 0 aliphatic carbocycles. The molecule has 0 aliphatic rings. The van der Waals surface area contributed by atoms with Gasteiger partial charge in [0, 0.05) is 12.1 Å². The van der Waals surface area contributed by atoms with Crippen molar-refractivity contribution in [3.05, 3.63) is 70.8 Å². The number of rotatable bonds is 5. The van der Waals surface area contributed by atoms with Crippen molar-refractivity contribution in [2.24, 2.45) is 0 Å². The number of amides is 2. The predicted molar refractivity (Wildman–Crippen MR) is 101 cm³/mol. The Kier molecular flexibility index (Phi) is 5.97. The topological polar surface area (TPSA) is 58.2 Å². The Labute approximate surface area is 149 Å². The van der Waals surface area contributed by atoms with Crippen molar-refractivity contribution in [2.75, 3.05) is 6.54 Å². The van der Waals surface area contributed by atoms with E-state index < -0.39 is 0 Å². The molecule has 0 atom stereocenters. The van der Waals surface area contributed by atoms with Crippen molar-refractivity contribution < 1.29 is 9.59 Å². The van der Waals surface area contributed by atoms with Gasteiger partial charge >= 0.3 is 0 Å². The fourth-order valence-corrected chi connectivity index (χ4v) is 2.45. The normalized spacial score (nSPS) is 11.0. The zero-order chi connectivity index (χ0) is 18.4. The quantitative estimate of drug-likeness (QED) is 0.878. The van der Waals surface area contributed by atoms with Gasteiger partial charge in [0.25, 0.3) is 5.91 Å². The van der Waals surface area contributed by atoms with Gasteiger partial charge < -0.3 is 10.6 Å². The third-order valence-electron chi connectivity index (χ3n) is 4.16. The highest BCUT2D eigenvalue weighted by molar-refractivity contribution is 5.96. The van der Waals surface area contributed by atoms with Crippen molar-refractivity contribution in [1.82, 2.24) is 10.6 Å².